The first-order valence-corrected chi connectivity index (χ1v) is 11.1. The molecule has 3 aromatic rings. The number of anilines is 2. The van der Waals surface area contributed by atoms with Crippen LogP contribution in [0.2, 0.25) is 0 Å². The zero-order chi connectivity index (χ0) is 22.4. The summed E-state index contributed by atoms with van der Waals surface area (Å²) in [7, 11) is 1.88. The number of aryl methyl sites for hydroxylation is 2. The lowest BCUT2D eigenvalue weighted by atomic mass is 10.1. The van der Waals surface area contributed by atoms with Crippen LogP contribution in [-0.2, 0) is 18.3 Å². The van der Waals surface area contributed by atoms with Gasteiger partial charge in [0, 0.05) is 57.4 Å². The van der Waals surface area contributed by atoms with E-state index in [1.807, 2.05) is 48.9 Å². The van der Waals surface area contributed by atoms with Crippen LogP contribution in [0.3, 0.4) is 0 Å². The number of fused-ring (bicyclic) bond motifs is 2. The van der Waals surface area contributed by atoms with E-state index in [0.29, 0.717) is 50.5 Å². The largest absolute Gasteiger partial charge is 0.352 e. The molecule has 0 bridgehead atoms. The Morgan fingerprint density at radius 2 is 1.84 bits per heavy atom. The third-order valence-corrected chi connectivity index (χ3v) is 6.38. The number of carbonyl (C=O) groups excluding carboxylic acids is 2. The Morgan fingerprint density at radius 3 is 2.59 bits per heavy atom. The summed E-state index contributed by atoms with van der Waals surface area (Å²) < 4.78 is 1.76. The summed E-state index contributed by atoms with van der Waals surface area (Å²) in [5, 5.41) is 5.26. The summed E-state index contributed by atoms with van der Waals surface area (Å²) in [4.78, 5) is 40.4. The van der Waals surface area contributed by atoms with Crippen molar-refractivity contribution in [1.82, 2.24) is 24.6 Å². The number of amides is 2. The first-order chi connectivity index (χ1) is 15.5. The zero-order valence-corrected chi connectivity index (χ0v) is 18.7. The summed E-state index contributed by atoms with van der Waals surface area (Å²) in [5.41, 5.74) is 3.53. The van der Waals surface area contributed by atoms with Crippen LogP contribution in [0.4, 0.5) is 11.5 Å². The third kappa shape index (κ3) is 3.37. The lowest BCUT2D eigenvalue weighted by Gasteiger charge is -2.35. The molecule has 0 radical (unpaired) electrons. The van der Waals surface area contributed by atoms with Crippen LogP contribution >= 0.6 is 0 Å². The fourth-order valence-corrected chi connectivity index (χ4v) is 4.64. The van der Waals surface area contributed by atoms with Crippen molar-refractivity contribution in [3.63, 3.8) is 0 Å². The Balaban J connectivity index is 1.30. The molecule has 2 aliphatic heterocycles. The Morgan fingerprint density at radius 1 is 1.06 bits per heavy atom. The van der Waals surface area contributed by atoms with Crippen molar-refractivity contribution >= 4 is 34.4 Å². The van der Waals surface area contributed by atoms with Gasteiger partial charge in [-0.2, -0.15) is 5.10 Å². The normalized spacial score (nSPS) is 16.0. The van der Waals surface area contributed by atoms with Gasteiger partial charge in [0.2, 0.25) is 5.91 Å². The van der Waals surface area contributed by atoms with Crippen LogP contribution in [0.15, 0.2) is 24.4 Å². The molecule has 0 N–H and O–H groups in total. The molecule has 2 aliphatic rings. The van der Waals surface area contributed by atoms with Crippen molar-refractivity contribution in [1.29, 1.82) is 0 Å². The van der Waals surface area contributed by atoms with Crippen LogP contribution in [0.1, 0.15) is 35.1 Å². The minimum absolute atomic E-state index is 0.0399. The standard InChI is InChI=1S/C23H27N7O2/c1-4-20(31)30-8-7-16-13-17(5-6-19(16)30)23(32)29-11-9-28(10-12-29)22-18-14-24-27(3)21(18)25-15(2)26-22/h5-6,13-14H,4,7-12H2,1-3H3. The summed E-state index contributed by atoms with van der Waals surface area (Å²) in [6.07, 6.45) is 3.09. The number of rotatable bonds is 3. The summed E-state index contributed by atoms with van der Waals surface area (Å²) >= 11 is 0. The predicted octanol–water partition coefficient (Wildman–Crippen LogP) is 1.93. The van der Waals surface area contributed by atoms with Crippen molar-refractivity contribution in [2.45, 2.75) is 26.7 Å². The van der Waals surface area contributed by atoms with E-state index in [1.165, 1.54) is 0 Å². The Hall–Kier alpha value is -3.49. The molecule has 1 fully saturated rings. The lowest BCUT2D eigenvalue weighted by Crippen LogP contribution is -2.49. The Kier molecular flexibility index (Phi) is 5.03. The minimum atomic E-state index is 0.0399. The van der Waals surface area contributed by atoms with Crippen molar-refractivity contribution in [2.75, 3.05) is 42.5 Å². The van der Waals surface area contributed by atoms with Gasteiger partial charge in [0.05, 0.1) is 11.6 Å². The van der Waals surface area contributed by atoms with Crippen LogP contribution in [-0.4, -0.2) is 69.2 Å². The number of hydrogen-bond donors (Lipinski definition) is 0. The predicted molar refractivity (Wildman–Crippen MR) is 122 cm³/mol. The van der Waals surface area contributed by atoms with Crippen molar-refractivity contribution in [3.05, 3.63) is 41.3 Å². The maximum Gasteiger partial charge on any atom is 0.253 e. The highest BCUT2D eigenvalue weighted by Gasteiger charge is 2.28. The molecule has 9 heteroatoms. The van der Waals surface area contributed by atoms with Gasteiger partial charge < -0.3 is 14.7 Å². The molecule has 2 amide bonds. The molecule has 4 heterocycles. The SMILES string of the molecule is CCC(=O)N1CCc2cc(C(=O)N3CCN(c4nc(C)nc5c4cnn5C)CC3)ccc21. The number of hydrogen-bond acceptors (Lipinski definition) is 6. The van der Waals surface area contributed by atoms with E-state index in [4.69, 9.17) is 0 Å². The van der Waals surface area contributed by atoms with Gasteiger partial charge in [-0.3, -0.25) is 14.3 Å². The fraction of sp³-hybridized carbons (Fsp3) is 0.435. The molecule has 0 aliphatic carbocycles. The third-order valence-electron chi connectivity index (χ3n) is 6.38. The number of benzene rings is 1. The minimum Gasteiger partial charge on any atom is -0.352 e. The molecule has 1 saturated heterocycles. The van der Waals surface area contributed by atoms with Gasteiger partial charge in [-0.05, 0) is 37.1 Å². The van der Waals surface area contributed by atoms with Crippen molar-refractivity contribution in [2.24, 2.45) is 7.05 Å². The Labute approximate surface area is 186 Å². The molecule has 9 nitrogen and oxygen atoms in total. The Bertz CT molecular complexity index is 1210. The van der Waals surface area contributed by atoms with Crippen molar-refractivity contribution in [3.8, 4) is 0 Å². The van der Waals surface area contributed by atoms with Gasteiger partial charge in [-0.1, -0.05) is 6.92 Å². The molecular weight excluding hydrogens is 406 g/mol. The second-order valence-electron chi connectivity index (χ2n) is 8.37. The number of aromatic nitrogens is 4. The van der Waals surface area contributed by atoms with E-state index in [9.17, 15) is 9.59 Å². The van der Waals surface area contributed by atoms with Gasteiger partial charge >= 0.3 is 0 Å². The van der Waals surface area contributed by atoms with Crippen molar-refractivity contribution < 1.29 is 9.59 Å². The molecule has 1 aromatic carbocycles. The monoisotopic (exact) mass is 433 g/mol. The molecule has 0 saturated carbocycles. The molecule has 5 rings (SSSR count). The van der Waals surface area contributed by atoms with Gasteiger partial charge in [-0.25, -0.2) is 9.97 Å². The smallest absolute Gasteiger partial charge is 0.253 e. The maximum atomic E-state index is 13.2. The van der Waals surface area contributed by atoms with Crippen LogP contribution in [0.25, 0.3) is 11.0 Å². The lowest BCUT2D eigenvalue weighted by molar-refractivity contribution is -0.118. The van der Waals surface area contributed by atoms with Gasteiger partial charge in [-0.15, -0.1) is 0 Å². The number of piperazine rings is 1. The highest BCUT2D eigenvalue weighted by molar-refractivity contribution is 5.98. The van der Waals surface area contributed by atoms with E-state index in [-0.39, 0.29) is 11.8 Å². The highest BCUT2D eigenvalue weighted by Crippen LogP contribution is 2.30. The fourth-order valence-electron chi connectivity index (χ4n) is 4.64. The topological polar surface area (TPSA) is 87.5 Å². The summed E-state index contributed by atoms with van der Waals surface area (Å²) in [6.45, 7) is 7.12. The zero-order valence-electron chi connectivity index (χ0n) is 18.7. The van der Waals surface area contributed by atoms with E-state index >= 15 is 0 Å². The molecule has 0 atom stereocenters. The van der Waals surface area contributed by atoms with E-state index in [1.54, 1.807) is 10.9 Å². The van der Waals surface area contributed by atoms with Gasteiger partial charge in [0.1, 0.15) is 11.6 Å². The number of nitrogens with zero attached hydrogens (tertiary/aromatic N) is 7. The van der Waals surface area contributed by atoms with Gasteiger partial charge in [0.15, 0.2) is 5.65 Å². The first kappa shape index (κ1) is 20.4. The highest BCUT2D eigenvalue weighted by atomic mass is 16.2. The van der Waals surface area contributed by atoms with Crippen LogP contribution < -0.4 is 9.80 Å². The maximum absolute atomic E-state index is 13.2. The van der Waals surface area contributed by atoms with Crippen LogP contribution in [0, 0.1) is 6.92 Å². The quantitative estimate of drug-likeness (QED) is 0.627. The summed E-state index contributed by atoms with van der Waals surface area (Å²) in [6, 6.07) is 5.73. The molecule has 0 unspecified atom stereocenters. The summed E-state index contributed by atoms with van der Waals surface area (Å²) in [5.74, 6) is 1.76. The molecule has 2 aromatic heterocycles. The molecular formula is C23H27N7O2. The average molecular weight is 434 g/mol. The van der Waals surface area contributed by atoms with E-state index < -0.39 is 0 Å². The first-order valence-electron chi connectivity index (χ1n) is 11.1. The second kappa shape index (κ2) is 7.89. The molecule has 166 valence electrons. The molecule has 32 heavy (non-hydrogen) atoms. The second-order valence-corrected chi connectivity index (χ2v) is 8.37. The molecule has 0 spiro atoms. The van der Waals surface area contributed by atoms with Crippen LogP contribution in [0.5, 0.6) is 0 Å². The van der Waals surface area contributed by atoms with E-state index in [2.05, 4.69) is 20.0 Å². The van der Waals surface area contributed by atoms with Gasteiger partial charge in [0.25, 0.3) is 5.91 Å². The number of carbonyl (C=O) groups is 2. The average Bonchev–Trinajstić information content (AvgIpc) is 3.41. The van der Waals surface area contributed by atoms with E-state index in [0.717, 1.165) is 34.5 Å².